The monoisotopic (exact) mass is 295 g/mol. The summed E-state index contributed by atoms with van der Waals surface area (Å²) in [5, 5.41) is 12.4. The van der Waals surface area contributed by atoms with Gasteiger partial charge in [0.2, 0.25) is 5.91 Å². The molecule has 1 aliphatic rings. The van der Waals surface area contributed by atoms with Crippen LogP contribution in [0.25, 0.3) is 6.08 Å². The number of hydrogen-bond acceptors (Lipinski definition) is 4. The van der Waals surface area contributed by atoms with Gasteiger partial charge in [0.15, 0.2) is 6.23 Å². The van der Waals surface area contributed by atoms with Crippen molar-refractivity contribution in [1.82, 2.24) is 5.32 Å². The fourth-order valence-electron chi connectivity index (χ4n) is 1.84. The number of ether oxygens (including phenoxy) is 1. The third kappa shape index (κ3) is 3.37. The second-order valence-electron chi connectivity index (χ2n) is 4.52. The van der Waals surface area contributed by atoms with Crippen LogP contribution in [-0.2, 0) is 14.3 Å². The van der Waals surface area contributed by atoms with Gasteiger partial charge in [-0.3, -0.25) is 4.79 Å². The van der Waals surface area contributed by atoms with Crippen LogP contribution in [0.4, 0.5) is 0 Å². The minimum atomic E-state index is -0.859. The molecule has 3 unspecified atom stereocenters. The fourth-order valence-corrected chi connectivity index (χ4v) is 1.97. The predicted molar refractivity (Wildman–Crippen MR) is 73.7 cm³/mol. The van der Waals surface area contributed by atoms with Crippen molar-refractivity contribution in [3.8, 4) is 0 Å². The molecule has 1 saturated heterocycles. The van der Waals surface area contributed by atoms with Gasteiger partial charge in [0.25, 0.3) is 0 Å². The quantitative estimate of drug-likeness (QED) is 0.499. The first kappa shape index (κ1) is 14.6. The molecule has 106 valence electrons. The van der Waals surface area contributed by atoms with Crippen molar-refractivity contribution in [3.05, 3.63) is 40.9 Å². The number of β-lactam (4-membered cyclic amide) rings is 1. The Morgan fingerprint density at radius 3 is 2.65 bits per heavy atom. The van der Waals surface area contributed by atoms with E-state index in [0.29, 0.717) is 5.02 Å². The van der Waals surface area contributed by atoms with E-state index in [1.54, 1.807) is 30.3 Å². The normalized spacial score (nSPS) is 23.1. The number of halogens is 1. The second-order valence-corrected chi connectivity index (χ2v) is 4.95. The van der Waals surface area contributed by atoms with Gasteiger partial charge in [-0.25, -0.2) is 4.79 Å². The molecule has 5 nitrogen and oxygen atoms in total. The SMILES string of the molecule is CC(O)C1C(=O)NC1OC(=O)/C=C/c1ccc(Cl)cc1. The Hall–Kier alpha value is -1.85. The molecule has 1 amide bonds. The van der Waals surface area contributed by atoms with Crippen molar-refractivity contribution in [2.75, 3.05) is 0 Å². The van der Waals surface area contributed by atoms with Crippen LogP contribution >= 0.6 is 11.6 Å². The third-order valence-corrected chi connectivity index (χ3v) is 3.21. The lowest BCUT2D eigenvalue weighted by Gasteiger charge is -2.36. The summed E-state index contributed by atoms with van der Waals surface area (Å²) in [4.78, 5) is 22.8. The minimum absolute atomic E-state index is 0.320. The van der Waals surface area contributed by atoms with Crippen LogP contribution in [0.3, 0.4) is 0 Å². The van der Waals surface area contributed by atoms with E-state index in [2.05, 4.69) is 5.32 Å². The molecule has 0 aliphatic carbocycles. The largest absolute Gasteiger partial charge is 0.438 e. The molecule has 6 heteroatoms. The first-order valence-electron chi connectivity index (χ1n) is 6.10. The Kier molecular flexibility index (Phi) is 4.42. The standard InChI is InChI=1S/C14H14ClNO4/c1-8(17)12-13(19)16-14(12)20-11(18)7-4-9-2-5-10(15)6-3-9/h2-8,12,14,17H,1H3,(H,16,19)/b7-4+. The van der Waals surface area contributed by atoms with E-state index in [4.69, 9.17) is 16.3 Å². The van der Waals surface area contributed by atoms with Crippen molar-refractivity contribution in [1.29, 1.82) is 0 Å². The fraction of sp³-hybridized carbons (Fsp3) is 0.286. The minimum Gasteiger partial charge on any atom is -0.438 e. The van der Waals surface area contributed by atoms with Gasteiger partial charge in [0.05, 0.1) is 6.10 Å². The van der Waals surface area contributed by atoms with Crippen LogP contribution < -0.4 is 5.32 Å². The highest BCUT2D eigenvalue weighted by Gasteiger charge is 2.44. The molecule has 1 aromatic rings. The number of carbonyl (C=O) groups excluding carboxylic acids is 2. The lowest BCUT2D eigenvalue weighted by atomic mass is 9.93. The molecule has 0 bridgehead atoms. The Balaban J connectivity index is 1.90. The van der Waals surface area contributed by atoms with Gasteiger partial charge >= 0.3 is 5.97 Å². The highest BCUT2D eigenvalue weighted by Crippen LogP contribution is 2.20. The van der Waals surface area contributed by atoms with Gasteiger partial charge in [0.1, 0.15) is 5.92 Å². The smallest absolute Gasteiger partial charge is 0.332 e. The van der Waals surface area contributed by atoms with Gasteiger partial charge in [-0.05, 0) is 30.7 Å². The van der Waals surface area contributed by atoms with Crippen molar-refractivity contribution in [3.63, 3.8) is 0 Å². The number of aliphatic hydroxyl groups excluding tert-OH is 1. The molecule has 0 radical (unpaired) electrons. The summed E-state index contributed by atoms with van der Waals surface area (Å²) < 4.78 is 5.03. The molecule has 20 heavy (non-hydrogen) atoms. The maximum atomic E-state index is 11.6. The Labute approximate surface area is 121 Å². The molecule has 1 fully saturated rings. The number of aliphatic hydroxyl groups is 1. The second kappa shape index (κ2) is 6.07. The Morgan fingerprint density at radius 2 is 2.10 bits per heavy atom. The molecular formula is C14H14ClNO4. The van der Waals surface area contributed by atoms with E-state index in [9.17, 15) is 14.7 Å². The highest BCUT2D eigenvalue weighted by atomic mass is 35.5. The zero-order chi connectivity index (χ0) is 14.7. The number of amides is 1. The zero-order valence-electron chi connectivity index (χ0n) is 10.7. The average Bonchev–Trinajstić information content (AvgIpc) is 2.36. The number of nitrogens with one attached hydrogen (secondary N) is 1. The van der Waals surface area contributed by atoms with Crippen molar-refractivity contribution >= 4 is 29.6 Å². The lowest BCUT2D eigenvalue weighted by Crippen LogP contribution is -2.63. The van der Waals surface area contributed by atoms with Crippen LogP contribution in [0.1, 0.15) is 12.5 Å². The maximum Gasteiger partial charge on any atom is 0.332 e. The van der Waals surface area contributed by atoms with Gasteiger partial charge in [-0.2, -0.15) is 0 Å². The maximum absolute atomic E-state index is 11.6. The van der Waals surface area contributed by atoms with Gasteiger partial charge in [0, 0.05) is 11.1 Å². The molecule has 1 aliphatic heterocycles. The number of carbonyl (C=O) groups is 2. The number of rotatable bonds is 4. The Bertz CT molecular complexity index is 539. The van der Waals surface area contributed by atoms with Crippen LogP contribution in [-0.4, -0.2) is 29.3 Å². The highest BCUT2D eigenvalue weighted by molar-refractivity contribution is 6.30. The first-order valence-corrected chi connectivity index (χ1v) is 6.48. The van der Waals surface area contributed by atoms with E-state index in [-0.39, 0.29) is 5.91 Å². The number of benzene rings is 1. The summed E-state index contributed by atoms with van der Waals surface area (Å²) in [6.45, 7) is 1.48. The molecule has 0 spiro atoms. The first-order chi connectivity index (χ1) is 9.47. The number of hydrogen-bond donors (Lipinski definition) is 2. The molecular weight excluding hydrogens is 282 g/mol. The van der Waals surface area contributed by atoms with Crippen LogP contribution in [0.5, 0.6) is 0 Å². The molecule has 0 saturated carbocycles. The van der Waals surface area contributed by atoms with E-state index < -0.39 is 24.2 Å². The lowest BCUT2D eigenvalue weighted by molar-refractivity contribution is -0.171. The summed E-state index contributed by atoms with van der Waals surface area (Å²) >= 11 is 5.75. The van der Waals surface area contributed by atoms with E-state index >= 15 is 0 Å². The summed E-state index contributed by atoms with van der Waals surface area (Å²) in [7, 11) is 0. The summed E-state index contributed by atoms with van der Waals surface area (Å²) in [6.07, 6.45) is 1.20. The van der Waals surface area contributed by atoms with Crippen molar-refractivity contribution in [2.24, 2.45) is 5.92 Å². The summed E-state index contributed by atoms with van der Waals surface area (Å²) in [5.41, 5.74) is 0.802. The topological polar surface area (TPSA) is 75.6 Å². The zero-order valence-corrected chi connectivity index (χ0v) is 11.5. The average molecular weight is 296 g/mol. The summed E-state index contributed by atoms with van der Waals surface area (Å²) in [5.74, 6) is -1.61. The number of esters is 1. The van der Waals surface area contributed by atoms with Crippen molar-refractivity contribution in [2.45, 2.75) is 19.3 Å². The van der Waals surface area contributed by atoms with Gasteiger partial charge < -0.3 is 15.2 Å². The molecule has 2 N–H and O–H groups in total. The third-order valence-electron chi connectivity index (χ3n) is 2.96. The molecule has 0 aromatic heterocycles. The van der Waals surface area contributed by atoms with Crippen LogP contribution in [0, 0.1) is 5.92 Å². The predicted octanol–water partition coefficient (Wildman–Crippen LogP) is 1.35. The molecule has 3 atom stereocenters. The van der Waals surface area contributed by atoms with Crippen molar-refractivity contribution < 1.29 is 19.4 Å². The summed E-state index contributed by atoms with van der Waals surface area (Å²) in [6, 6.07) is 6.94. The molecule has 2 rings (SSSR count). The van der Waals surface area contributed by atoms with E-state index in [1.165, 1.54) is 13.0 Å². The van der Waals surface area contributed by atoms with Crippen LogP contribution in [0.2, 0.25) is 5.02 Å². The molecule has 1 aromatic carbocycles. The van der Waals surface area contributed by atoms with Gasteiger partial charge in [-0.15, -0.1) is 0 Å². The Morgan fingerprint density at radius 1 is 1.45 bits per heavy atom. The van der Waals surface area contributed by atoms with E-state index in [1.807, 2.05) is 0 Å². The van der Waals surface area contributed by atoms with Crippen LogP contribution in [0.15, 0.2) is 30.3 Å². The van der Waals surface area contributed by atoms with E-state index in [0.717, 1.165) is 5.56 Å². The molecule has 1 heterocycles. The van der Waals surface area contributed by atoms with Gasteiger partial charge in [-0.1, -0.05) is 23.7 Å².